The Morgan fingerprint density at radius 3 is 2.19 bits per heavy atom. The summed E-state index contributed by atoms with van der Waals surface area (Å²) in [7, 11) is 0. The van der Waals surface area contributed by atoms with Gasteiger partial charge < -0.3 is 10.1 Å². The summed E-state index contributed by atoms with van der Waals surface area (Å²) < 4.78 is 5.03. The van der Waals surface area contributed by atoms with Crippen molar-refractivity contribution in [3.05, 3.63) is 120 Å². The molecule has 4 aromatic carbocycles. The first kappa shape index (κ1) is 26.0. The monoisotopic (exact) mass is 510 g/mol. The zero-order chi connectivity index (χ0) is 25.9. The minimum Gasteiger partial charge on any atom is -0.466 e. The predicted octanol–water partition coefficient (Wildman–Crippen LogP) is 7.22. The molecule has 0 bridgehead atoms. The molecule has 0 saturated heterocycles. The molecule has 0 aromatic heterocycles. The minimum absolute atomic E-state index is 0.174. The molecule has 0 aliphatic rings. The van der Waals surface area contributed by atoms with Crippen LogP contribution in [-0.4, -0.2) is 25.2 Å². The highest BCUT2D eigenvalue weighted by atomic mass is 32.2. The van der Waals surface area contributed by atoms with Crippen LogP contribution in [0.15, 0.2) is 119 Å². The molecule has 1 N–H and O–H groups in total. The Kier molecular flexibility index (Phi) is 9.38. The van der Waals surface area contributed by atoms with Crippen LogP contribution in [0.2, 0.25) is 0 Å². The van der Waals surface area contributed by atoms with Gasteiger partial charge in [-0.2, -0.15) is 0 Å². The van der Waals surface area contributed by atoms with E-state index in [9.17, 15) is 9.59 Å². The highest BCUT2D eigenvalue weighted by Gasteiger charge is 2.17. The quantitative estimate of drug-likeness (QED) is 0.229. The third-order valence-corrected chi connectivity index (χ3v) is 6.68. The Labute approximate surface area is 222 Å². The molecule has 0 aliphatic heterocycles. The maximum Gasteiger partial charge on any atom is 0.326 e. The van der Waals surface area contributed by atoms with Crippen molar-refractivity contribution in [1.82, 2.24) is 0 Å². The average Bonchev–Trinajstić information content (AvgIpc) is 2.91. The van der Waals surface area contributed by atoms with Gasteiger partial charge in [-0.05, 0) is 66.9 Å². The van der Waals surface area contributed by atoms with Crippen LogP contribution in [0.4, 0.5) is 16.2 Å². The number of carbonyl (C=O) groups excluding carboxylic acids is 2. The second-order valence-corrected chi connectivity index (χ2v) is 9.56. The number of anilines is 2. The number of para-hydroxylation sites is 1. The van der Waals surface area contributed by atoms with Gasteiger partial charge in [0.25, 0.3) is 0 Å². The Hall–Kier alpha value is -4.03. The Morgan fingerprint density at radius 2 is 1.49 bits per heavy atom. The highest BCUT2D eigenvalue weighted by molar-refractivity contribution is 7.99. The maximum atomic E-state index is 13.3. The van der Waals surface area contributed by atoms with E-state index in [2.05, 4.69) is 17.4 Å². The van der Waals surface area contributed by atoms with E-state index in [1.165, 1.54) is 5.56 Å². The molecule has 188 valence electrons. The number of ether oxygens (including phenoxy) is 1. The van der Waals surface area contributed by atoms with Crippen molar-refractivity contribution in [2.24, 2.45) is 0 Å². The molecule has 2 amide bonds. The number of carbonyl (C=O) groups is 2. The van der Waals surface area contributed by atoms with E-state index in [-0.39, 0.29) is 18.4 Å². The van der Waals surface area contributed by atoms with E-state index in [4.69, 9.17) is 4.74 Å². The van der Waals surface area contributed by atoms with Crippen molar-refractivity contribution < 1.29 is 14.3 Å². The molecule has 0 atom stereocenters. The molecule has 4 aromatic rings. The molecule has 0 radical (unpaired) electrons. The van der Waals surface area contributed by atoms with Crippen molar-refractivity contribution in [3.63, 3.8) is 0 Å². The average molecular weight is 511 g/mol. The van der Waals surface area contributed by atoms with E-state index in [0.717, 1.165) is 33.2 Å². The lowest BCUT2D eigenvalue weighted by Gasteiger charge is -2.24. The van der Waals surface area contributed by atoms with Crippen LogP contribution in [-0.2, 0) is 22.4 Å². The minimum atomic E-state index is -0.222. The van der Waals surface area contributed by atoms with Crippen molar-refractivity contribution in [1.29, 1.82) is 0 Å². The largest absolute Gasteiger partial charge is 0.466 e. The van der Waals surface area contributed by atoms with Gasteiger partial charge in [-0.25, -0.2) is 4.79 Å². The van der Waals surface area contributed by atoms with Crippen LogP contribution in [0.1, 0.15) is 18.1 Å². The summed E-state index contributed by atoms with van der Waals surface area (Å²) >= 11 is 1.61. The first-order valence-electron chi connectivity index (χ1n) is 12.3. The fourth-order valence-corrected chi connectivity index (χ4v) is 4.72. The van der Waals surface area contributed by atoms with Gasteiger partial charge in [0.2, 0.25) is 0 Å². The van der Waals surface area contributed by atoms with Crippen LogP contribution in [0, 0.1) is 0 Å². The van der Waals surface area contributed by atoms with Gasteiger partial charge in [-0.3, -0.25) is 9.69 Å². The molecule has 0 aliphatic carbocycles. The topological polar surface area (TPSA) is 58.6 Å². The van der Waals surface area contributed by atoms with Gasteiger partial charge in [0.15, 0.2) is 0 Å². The van der Waals surface area contributed by atoms with Crippen molar-refractivity contribution in [2.75, 3.05) is 23.4 Å². The molecule has 0 fully saturated rings. The number of nitrogens with zero attached hydrogens (tertiary/aromatic N) is 1. The van der Waals surface area contributed by atoms with Crippen molar-refractivity contribution >= 4 is 35.1 Å². The summed E-state index contributed by atoms with van der Waals surface area (Å²) in [5.74, 6) is -0.222. The standard InChI is InChI=1S/C31H30N2O3S/c1-2-36-30(34)22-25-16-18-28(19-17-25)37-29-15-9-14-27(23-29)33(21-20-24-10-5-3-6-11-24)31(35)32-26-12-7-4-8-13-26/h3-19,23H,2,20-22H2,1H3,(H,32,35). The number of benzene rings is 4. The normalized spacial score (nSPS) is 10.5. The molecule has 4 rings (SSSR count). The third-order valence-electron chi connectivity index (χ3n) is 5.68. The summed E-state index contributed by atoms with van der Waals surface area (Å²) in [6.07, 6.45) is 1.00. The number of esters is 1. The fraction of sp³-hybridized carbons (Fsp3) is 0.161. The number of nitrogens with one attached hydrogen (secondary N) is 1. The smallest absolute Gasteiger partial charge is 0.326 e. The molecular formula is C31H30N2O3S. The molecule has 0 heterocycles. The van der Waals surface area contributed by atoms with Gasteiger partial charge in [-0.1, -0.05) is 78.5 Å². The number of urea groups is 1. The van der Waals surface area contributed by atoms with Crippen LogP contribution < -0.4 is 10.2 Å². The Morgan fingerprint density at radius 1 is 0.784 bits per heavy atom. The number of amides is 2. The highest BCUT2D eigenvalue weighted by Crippen LogP contribution is 2.31. The van der Waals surface area contributed by atoms with Gasteiger partial charge in [0.05, 0.1) is 13.0 Å². The lowest BCUT2D eigenvalue weighted by Crippen LogP contribution is -2.36. The van der Waals surface area contributed by atoms with Gasteiger partial charge in [0, 0.05) is 27.7 Å². The van der Waals surface area contributed by atoms with Crippen molar-refractivity contribution in [2.45, 2.75) is 29.6 Å². The first-order chi connectivity index (χ1) is 18.1. The number of hydrogen-bond donors (Lipinski definition) is 1. The van der Waals surface area contributed by atoms with Crippen LogP contribution in [0.25, 0.3) is 0 Å². The number of hydrogen-bond acceptors (Lipinski definition) is 4. The molecule has 37 heavy (non-hydrogen) atoms. The summed E-state index contributed by atoms with van der Waals surface area (Å²) in [6, 6.07) is 35.4. The molecular weight excluding hydrogens is 480 g/mol. The Balaban J connectivity index is 1.49. The van der Waals surface area contributed by atoms with E-state index < -0.39 is 0 Å². The predicted molar refractivity (Wildman–Crippen MR) is 150 cm³/mol. The van der Waals surface area contributed by atoms with Gasteiger partial charge in [-0.15, -0.1) is 0 Å². The number of rotatable bonds is 10. The van der Waals surface area contributed by atoms with Crippen molar-refractivity contribution in [3.8, 4) is 0 Å². The second kappa shape index (κ2) is 13.3. The zero-order valence-corrected chi connectivity index (χ0v) is 21.6. The lowest BCUT2D eigenvalue weighted by atomic mass is 10.1. The van der Waals surface area contributed by atoms with E-state index in [1.54, 1.807) is 23.6 Å². The first-order valence-corrected chi connectivity index (χ1v) is 13.1. The lowest BCUT2D eigenvalue weighted by molar-refractivity contribution is -0.142. The molecule has 6 heteroatoms. The fourth-order valence-electron chi connectivity index (χ4n) is 3.85. The third kappa shape index (κ3) is 7.98. The second-order valence-electron chi connectivity index (χ2n) is 8.41. The van der Waals surface area contributed by atoms with E-state index >= 15 is 0 Å². The summed E-state index contributed by atoms with van der Waals surface area (Å²) in [4.78, 5) is 28.9. The molecule has 5 nitrogen and oxygen atoms in total. The SMILES string of the molecule is CCOC(=O)Cc1ccc(Sc2cccc(N(CCc3ccccc3)C(=O)Nc3ccccc3)c2)cc1. The summed E-state index contributed by atoms with van der Waals surface area (Å²) in [6.45, 7) is 2.73. The molecule has 0 unspecified atom stereocenters. The molecule has 0 saturated carbocycles. The molecule has 0 spiro atoms. The Bertz CT molecular complexity index is 1300. The van der Waals surface area contributed by atoms with Gasteiger partial charge in [0.1, 0.15) is 0 Å². The van der Waals surface area contributed by atoms with E-state index in [1.807, 2.05) is 97.1 Å². The van der Waals surface area contributed by atoms with Crippen LogP contribution in [0.3, 0.4) is 0 Å². The maximum absolute atomic E-state index is 13.3. The zero-order valence-electron chi connectivity index (χ0n) is 20.8. The summed E-state index contributed by atoms with van der Waals surface area (Å²) in [5, 5.41) is 3.02. The van der Waals surface area contributed by atoms with Crippen LogP contribution >= 0.6 is 11.8 Å². The van der Waals surface area contributed by atoms with E-state index in [0.29, 0.717) is 13.2 Å². The summed E-state index contributed by atoms with van der Waals surface area (Å²) in [5.41, 5.74) is 3.67. The van der Waals surface area contributed by atoms with Gasteiger partial charge >= 0.3 is 12.0 Å². The van der Waals surface area contributed by atoms with Crippen LogP contribution in [0.5, 0.6) is 0 Å².